The molecule has 5 rings (SSSR count). The van der Waals surface area contributed by atoms with Gasteiger partial charge in [0.15, 0.2) is 5.82 Å². The number of halogens is 1. The highest BCUT2D eigenvalue weighted by Crippen LogP contribution is 2.33. The third-order valence-electron chi connectivity index (χ3n) is 8.11. The Labute approximate surface area is 306 Å². The molecule has 278 valence electrons. The number of rotatable bonds is 7. The number of hydrogen-bond acceptors (Lipinski definition) is 10. The van der Waals surface area contributed by atoms with Crippen molar-refractivity contribution in [2.24, 2.45) is 7.05 Å². The molecule has 1 aliphatic carbocycles. The average molecular weight is 756 g/mol. The number of aryl methyl sites for hydroxylation is 1. The SMILES string of the molecule is Cn1nc(NS(=O)(=O)c2ccccc2Cl)cc1-c1ccc2nc(N(C(=O)O)[C@H]3CC[C@H](N(C(=O)OC(C)(C)C)C(=O)OC(C)(C)C)CC3)ncc2c1. The van der Waals surface area contributed by atoms with E-state index in [0.717, 1.165) is 9.80 Å². The number of carboxylic acid groups (broad SMARTS) is 1. The fourth-order valence-electron chi connectivity index (χ4n) is 5.92. The number of nitrogens with zero attached hydrogens (tertiary/aromatic N) is 6. The van der Waals surface area contributed by atoms with E-state index in [9.17, 15) is 27.9 Å². The highest BCUT2D eigenvalue weighted by atomic mass is 35.5. The van der Waals surface area contributed by atoms with Crippen LogP contribution in [0.15, 0.2) is 59.6 Å². The molecule has 4 aromatic rings. The number of ether oxygens (including phenoxy) is 2. The molecule has 0 atom stereocenters. The summed E-state index contributed by atoms with van der Waals surface area (Å²) in [4.78, 5) is 49.9. The molecule has 2 N–H and O–H groups in total. The van der Waals surface area contributed by atoms with Crippen molar-refractivity contribution in [2.45, 2.75) is 95.4 Å². The van der Waals surface area contributed by atoms with Gasteiger partial charge in [-0.05, 0) is 91.5 Å². The Morgan fingerprint density at radius 3 is 2.10 bits per heavy atom. The molecule has 2 aromatic heterocycles. The Bertz CT molecular complexity index is 2070. The lowest BCUT2D eigenvalue weighted by atomic mass is 9.89. The summed E-state index contributed by atoms with van der Waals surface area (Å²) in [7, 11) is -2.32. The molecule has 15 nitrogen and oxygen atoms in total. The molecule has 2 aromatic carbocycles. The molecular weight excluding hydrogens is 714 g/mol. The minimum atomic E-state index is -4.00. The first kappa shape index (κ1) is 38.3. The molecule has 0 unspecified atom stereocenters. The number of imide groups is 1. The van der Waals surface area contributed by atoms with Gasteiger partial charge in [0.1, 0.15) is 16.1 Å². The first-order valence-electron chi connectivity index (χ1n) is 16.6. The van der Waals surface area contributed by atoms with E-state index in [1.54, 1.807) is 85.0 Å². The minimum Gasteiger partial charge on any atom is -0.465 e. The molecule has 1 fully saturated rings. The first-order valence-corrected chi connectivity index (χ1v) is 18.4. The number of carbonyl (C=O) groups is 3. The number of aromatic nitrogens is 4. The number of nitrogens with one attached hydrogen (secondary N) is 1. The van der Waals surface area contributed by atoms with Crippen LogP contribution >= 0.6 is 11.6 Å². The summed E-state index contributed by atoms with van der Waals surface area (Å²) in [6.07, 6.45) is -0.0951. The van der Waals surface area contributed by atoms with Crippen molar-refractivity contribution in [3.8, 4) is 11.3 Å². The quantitative estimate of drug-likeness (QED) is 0.191. The fourth-order valence-corrected chi connectivity index (χ4v) is 7.42. The Morgan fingerprint density at radius 2 is 1.52 bits per heavy atom. The van der Waals surface area contributed by atoms with Crippen molar-refractivity contribution >= 4 is 62.6 Å². The van der Waals surface area contributed by atoms with Crippen LogP contribution in [-0.2, 0) is 26.5 Å². The molecule has 0 saturated heterocycles. The molecule has 3 amide bonds. The van der Waals surface area contributed by atoms with Crippen LogP contribution in [0.1, 0.15) is 67.2 Å². The van der Waals surface area contributed by atoms with Gasteiger partial charge in [0.25, 0.3) is 10.0 Å². The topological polar surface area (TPSA) is 186 Å². The number of carbonyl (C=O) groups excluding carboxylic acids is 2. The van der Waals surface area contributed by atoms with Gasteiger partial charge in [-0.25, -0.2) is 42.6 Å². The van der Waals surface area contributed by atoms with E-state index in [0.29, 0.717) is 47.8 Å². The van der Waals surface area contributed by atoms with Crippen LogP contribution in [0.3, 0.4) is 0 Å². The van der Waals surface area contributed by atoms with E-state index in [4.69, 9.17) is 21.1 Å². The third-order valence-corrected chi connectivity index (χ3v) is 9.96. The van der Waals surface area contributed by atoms with Gasteiger partial charge < -0.3 is 14.6 Å². The standard InChI is InChI=1S/C35H42ClN7O8S/c1-34(2,3)50-32(46)43(33(47)51-35(4,5)6)24-15-13-23(14-16-24)42(31(44)45)30-37-20-22-18-21(12-17-26(22)38-30)27-19-29(39-41(27)7)40-52(48,49)28-11-9-8-10-25(28)36/h8-12,17-20,23-24H,13-16H2,1-7H3,(H,39,40)(H,44,45)/t23-,24-. The fraction of sp³-hybridized carbons (Fsp3) is 0.429. The van der Waals surface area contributed by atoms with Crippen LogP contribution in [0.2, 0.25) is 5.02 Å². The van der Waals surface area contributed by atoms with Crippen molar-refractivity contribution < 1.29 is 37.4 Å². The molecule has 0 bridgehead atoms. The predicted octanol–water partition coefficient (Wildman–Crippen LogP) is 7.45. The zero-order valence-corrected chi connectivity index (χ0v) is 31.5. The maximum atomic E-state index is 13.2. The number of anilines is 2. The van der Waals surface area contributed by atoms with E-state index in [1.807, 2.05) is 0 Å². The summed E-state index contributed by atoms with van der Waals surface area (Å²) in [6, 6.07) is 11.9. The Hall–Kier alpha value is -4.96. The second-order valence-electron chi connectivity index (χ2n) is 14.5. The molecule has 0 radical (unpaired) electrons. The molecule has 1 aliphatic rings. The number of fused-ring (bicyclic) bond motifs is 1. The van der Waals surface area contributed by atoms with Gasteiger partial charge in [0, 0.05) is 42.3 Å². The number of sulfonamides is 1. The van der Waals surface area contributed by atoms with Gasteiger partial charge in [0.2, 0.25) is 5.95 Å². The van der Waals surface area contributed by atoms with Gasteiger partial charge in [-0.1, -0.05) is 29.8 Å². The lowest BCUT2D eigenvalue weighted by Gasteiger charge is -2.38. The number of amides is 3. The lowest BCUT2D eigenvalue weighted by molar-refractivity contribution is -0.0112. The van der Waals surface area contributed by atoms with E-state index >= 15 is 0 Å². The van der Waals surface area contributed by atoms with Crippen LogP contribution in [0, 0.1) is 0 Å². The largest absolute Gasteiger partial charge is 0.465 e. The summed E-state index contributed by atoms with van der Waals surface area (Å²) in [5, 5.41) is 15.3. The van der Waals surface area contributed by atoms with Crippen LogP contribution in [0.5, 0.6) is 0 Å². The molecule has 17 heteroatoms. The third kappa shape index (κ3) is 8.91. The van der Waals surface area contributed by atoms with Gasteiger partial charge in [-0.3, -0.25) is 9.40 Å². The summed E-state index contributed by atoms with van der Waals surface area (Å²) >= 11 is 6.10. The zero-order chi connectivity index (χ0) is 38.2. The van der Waals surface area contributed by atoms with Crippen molar-refractivity contribution in [3.05, 3.63) is 59.8 Å². The second-order valence-corrected chi connectivity index (χ2v) is 16.5. The predicted molar refractivity (Wildman–Crippen MR) is 195 cm³/mol. The number of hydrogen-bond donors (Lipinski definition) is 2. The monoisotopic (exact) mass is 755 g/mol. The number of benzene rings is 2. The molecular formula is C35H42ClN7O8S. The molecule has 52 heavy (non-hydrogen) atoms. The summed E-state index contributed by atoms with van der Waals surface area (Å²) < 4.78 is 40.9. The van der Waals surface area contributed by atoms with E-state index < -0.39 is 51.6 Å². The van der Waals surface area contributed by atoms with Gasteiger partial charge >= 0.3 is 18.3 Å². The first-order chi connectivity index (χ1) is 24.2. The summed E-state index contributed by atoms with van der Waals surface area (Å²) in [5.74, 6) is 0.0837. The Morgan fingerprint density at radius 1 is 0.923 bits per heavy atom. The summed E-state index contributed by atoms with van der Waals surface area (Å²) in [6.45, 7) is 10.2. The lowest BCUT2D eigenvalue weighted by Crippen LogP contribution is -2.52. The van der Waals surface area contributed by atoms with Crippen LogP contribution in [0.25, 0.3) is 22.2 Å². The zero-order valence-electron chi connectivity index (χ0n) is 30.0. The summed E-state index contributed by atoms with van der Waals surface area (Å²) in [5.41, 5.74) is 0.0775. The van der Waals surface area contributed by atoms with Gasteiger partial charge in [0.05, 0.1) is 16.2 Å². The van der Waals surface area contributed by atoms with Crippen LogP contribution < -0.4 is 9.62 Å². The van der Waals surface area contributed by atoms with Crippen molar-refractivity contribution in [1.29, 1.82) is 0 Å². The normalized spacial score (nSPS) is 16.6. The molecule has 0 spiro atoms. The molecule has 1 saturated carbocycles. The van der Waals surface area contributed by atoms with E-state index in [2.05, 4.69) is 19.8 Å². The van der Waals surface area contributed by atoms with Crippen molar-refractivity contribution in [2.75, 3.05) is 9.62 Å². The molecule has 0 aliphatic heterocycles. The van der Waals surface area contributed by atoms with Crippen LogP contribution in [-0.4, -0.2) is 79.7 Å². The smallest absolute Gasteiger partial charge is 0.420 e. The average Bonchev–Trinajstić information content (AvgIpc) is 3.38. The van der Waals surface area contributed by atoms with E-state index in [-0.39, 0.29) is 21.7 Å². The van der Waals surface area contributed by atoms with Crippen LogP contribution in [0.4, 0.5) is 26.1 Å². The Kier molecular flexibility index (Phi) is 10.7. The Balaban J connectivity index is 1.33. The van der Waals surface area contributed by atoms with Gasteiger partial charge in [-0.15, -0.1) is 0 Å². The van der Waals surface area contributed by atoms with Crippen molar-refractivity contribution in [3.63, 3.8) is 0 Å². The maximum Gasteiger partial charge on any atom is 0.420 e. The highest BCUT2D eigenvalue weighted by molar-refractivity contribution is 7.92. The molecule has 2 heterocycles. The van der Waals surface area contributed by atoms with E-state index in [1.165, 1.54) is 23.0 Å². The van der Waals surface area contributed by atoms with Crippen molar-refractivity contribution in [1.82, 2.24) is 24.6 Å². The maximum absolute atomic E-state index is 13.2. The van der Waals surface area contributed by atoms with Gasteiger partial charge in [-0.2, -0.15) is 5.10 Å². The second kappa shape index (κ2) is 14.6. The highest BCUT2D eigenvalue weighted by Gasteiger charge is 2.40. The minimum absolute atomic E-state index is 0.0101.